The SMILES string of the molecule is CCC(CNc1nnc(Cl)cc1C(N)=O)Oc1cccc(C)c1. The number of rotatable bonds is 7. The highest BCUT2D eigenvalue weighted by Gasteiger charge is 2.14. The molecule has 0 saturated heterocycles. The van der Waals surface area contributed by atoms with E-state index in [4.69, 9.17) is 22.1 Å². The first-order valence-corrected chi connectivity index (χ1v) is 7.67. The number of primary amides is 1. The molecule has 0 fully saturated rings. The minimum absolute atomic E-state index is 0.0880. The van der Waals surface area contributed by atoms with Gasteiger partial charge < -0.3 is 15.8 Å². The number of anilines is 1. The predicted octanol–water partition coefficient (Wildman–Crippen LogP) is 2.81. The third-order valence-electron chi connectivity index (χ3n) is 3.27. The number of halogens is 1. The maximum atomic E-state index is 11.4. The number of nitrogens with two attached hydrogens (primary N) is 1. The molecule has 1 aromatic carbocycles. The topological polar surface area (TPSA) is 90.1 Å². The molecular formula is C16H19ClN4O2. The van der Waals surface area contributed by atoms with Crippen LogP contribution in [0, 0.1) is 6.92 Å². The van der Waals surface area contributed by atoms with Gasteiger partial charge in [-0.1, -0.05) is 30.7 Å². The fraction of sp³-hybridized carbons (Fsp3) is 0.312. The third kappa shape index (κ3) is 4.82. The van der Waals surface area contributed by atoms with Gasteiger partial charge in [-0.2, -0.15) is 0 Å². The molecule has 0 spiro atoms. The molecule has 0 aliphatic heterocycles. The Morgan fingerprint density at radius 3 is 2.83 bits per heavy atom. The summed E-state index contributed by atoms with van der Waals surface area (Å²) in [4.78, 5) is 11.4. The van der Waals surface area contributed by atoms with Crippen molar-refractivity contribution in [2.75, 3.05) is 11.9 Å². The Bertz CT molecular complexity index is 694. The molecule has 1 amide bonds. The van der Waals surface area contributed by atoms with Crippen LogP contribution in [0.15, 0.2) is 30.3 Å². The lowest BCUT2D eigenvalue weighted by Gasteiger charge is -2.19. The number of amides is 1. The third-order valence-corrected chi connectivity index (χ3v) is 3.46. The first-order valence-electron chi connectivity index (χ1n) is 7.29. The fourth-order valence-corrected chi connectivity index (χ4v) is 2.19. The number of nitrogens with one attached hydrogen (secondary N) is 1. The summed E-state index contributed by atoms with van der Waals surface area (Å²) in [6, 6.07) is 9.23. The molecular weight excluding hydrogens is 316 g/mol. The number of ether oxygens (including phenoxy) is 1. The first kappa shape index (κ1) is 17.0. The fourth-order valence-electron chi connectivity index (χ4n) is 2.05. The quantitative estimate of drug-likeness (QED) is 0.812. The Morgan fingerprint density at radius 1 is 1.39 bits per heavy atom. The van der Waals surface area contributed by atoms with E-state index in [-0.39, 0.29) is 16.8 Å². The highest BCUT2D eigenvalue weighted by Crippen LogP contribution is 2.17. The second-order valence-electron chi connectivity index (χ2n) is 5.14. The summed E-state index contributed by atoms with van der Waals surface area (Å²) in [6.45, 7) is 4.49. The molecule has 0 radical (unpaired) electrons. The molecule has 2 rings (SSSR count). The average molecular weight is 335 g/mol. The predicted molar refractivity (Wildman–Crippen MR) is 89.9 cm³/mol. The summed E-state index contributed by atoms with van der Waals surface area (Å²) in [5.41, 5.74) is 6.66. The van der Waals surface area contributed by atoms with Gasteiger partial charge in [-0.05, 0) is 37.1 Å². The van der Waals surface area contributed by atoms with E-state index in [0.717, 1.165) is 17.7 Å². The lowest BCUT2D eigenvalue weighted by atomic mass is 10.2. The van der Waals surface area contributed by atoms with Crippen LogP contribution in [-0.4, -0.2) is 28.8 Å². The minimum atomic E-state index is -0.614. The highest BCUT2D eigenvalue weighted by molar-refractivity contribution is 6.29. The molecule has 0 aliphatic carbocycles. The monoisotopic (exact) mass is 334 g/mol. The van der Waals surface area contributed by atoms with Crippen LogP contribution >= 0.6 is 11.6 Å². The minimum Gasteiger partial charge on any atom is -0.489 e. The Hall–Kier alpha value is -2.34. The number of carbonyl (C=O) groups excluding carboxylic acids is 1. The molecule has 0 saturated carbocycles. The molecule has 23 heavy (non-hydrogen) atoms. The van der Waals surface area contributed by atoms with E-state index in [1.54, 1.807) is 0 Å². The lowest BCUT2D eigenvalue weighted by Crippen LogP contribution is -2.27. The summed E-state index contributed by atoms with van der Waals surface area (Å²) in [7, 11) is 0. The van der Waals surface area contributed by atoms with Gasteiger partial charge in [-0.15, -0.1) is 10.2 Å². The van der Waals surface area contributed by atoms with Crippen LogP contribution in [0.2, 0.25) is 5.15 Å². The Kier molecular flexibility index (Phi) is 5.76. The molecule has 7 heteroatoms. The average Bonchev–Trinajstić information content (AvgIpc) is 2.52. The van der Waals surface area contributed by atoms with Crippen LogP contribution in [0.5, 0.6) is 5.75 Å². The van der Waals surface area contributed by atoms with Crippen molar-refractivity contribution in [1.29, 1.82) is 0 Å². The van der Waals surface area contributed by atoms with Crippen molar-refractivity contribution in [1.82, 2.24) is 10.2 Å². The van der Waals surface area contributed by atoms with Gasteiger partial charge in [-0.25, -0.2) is 0 Å². The van der Waals surface area contributed by atoms with Crippen LogP contribution in [0.3, 0.4) is 0 Å². The van der Waals surface area contributed by atoms with Crippen molar-refractivity contribution in [3.63, 3.8) is 0 Å². The number of aromatic nitrogens is 2. The van der Waals surface area contributed by atoms with Crippen LogP contribution in [0.1, 0.15) is 29.3 Å². The van der Waals surface area contributed by atoms with E-state index < -0.39 is 5.91 Å². The van der Waals surface area contributed by atoms with Crippen molar-refractivity contribution >= 4 is 23.3 Å². The number of hydrogen-bond donors (Lipinski definition) is 2. The van der Waals surface area contributed by atoms with Gasteiger partial charge >= 0.3 is 0 Å². The van der Waals surface area contributed by atoms with Crippen LogP contribution in [0.25, 0.3) is 0 Å². The Morgan fingerprint density at radius 2 is 2.17 bits per heavy atom. The normalized spacial score (nSPS) is 11.8. The maximum absolute atomic E-state index is 11.4. The van der Waals surface area contributed by atoms with Gasteiger partial charge in [0.25, 0.3) is 5.91 Å². The number of aryl methyl sites for hydroxylation is 1. The van der Waals surface area contributed by atoms with Crippen LogP contribution in [0.4, 0.5) is 5.82 Å². The van der Waals surface area contributed by atoms with Gasteiger partial charge in [0.1, 0.15) is 11.9 Å². The van der Waals surface area contributed by atoms with E-state index in [2.05, 4.69) is 15.5 Å². The van der Waals surface area contributed by atoms with E-state index in [9.17, 15) is 4.79 Å². The zero-order valence-corrected chi connectivity index (χ0v) is 13.8. The lowest BCUT2D eigenvalue weighted by molar-refractivity contribution is 0.100. The molecule has 0 bridgehead atoms. The summed E-state index contributed by atoms with van der Waals surface area (Å²) >= 11 is 5.74. The molecule has 0 aliphatic rings. The Balaban J connectivity index is 2.05. The standard InChI is InChI=1S/C16H19ClN4O2/c1-3-11(23-12-6-4-5-10(2)7-12)9-19-16-13(15(18)22)8-14(17)20-21-16/h4-8,11H,3,9H2,1-2H3,(H2,18,22)(H,19,21). The van der Waals surface area contributed by atoms with E-state index in [0.29, 0.717) is 12.4 Å². The van der Waals surface area contributed by atoms with Crippen molar-refractivity contribution in [2.24, 2.45) is 5.73 Å². The van der Waals surface area contributed by atoms with Gasteiger partial charge in [0, 0.05) is 0 Å². The van der Waals surface area contributed by atoms with Crippen molar-refractivity contribution in [2.45, 2.75) is 26.4 Å². The Labute approximate surface area is 140 Å². The van der Waals surface area contributed by atoms with Crippen molar-refractivity contribution < 1.29 is 9.53 Å². The van der Waals surface area contributed by atoms with Crippen LogP contribution in [-0.2, 0) is 0 Å². The highest BCUT2D eigenvalue weighted by atomic mass is 35.5. The molecule has 1 atom stereocenters. The molecule has 2 aromatic rings. The summed E-state index contributed by atoms with van der Waals surface area (Å²) < 4.78 is 5.94. The van der Waals surface area contributed by atoms with Crippen molar-refractivity contribution in [3.8, 4) is 5.75 Å². The maximum Gasteiger partial charge on any atom is 0.252 e. The van der Waals surface area contributed by atoms with E-state index in [1.165, 1.54) is 6.07 Å². The smallest absolute Gasteiger partial charge is 0.252 e. The first-order chi connectivity index (χ1) is 11.0. The van der Waals surface area contributed by atoms with Crippen molar-refractivity contribution in [3.05, 3.63) is 46.6 Å². The van der Waals surface area contributed by atoms with Gasteiger partial charge in [0.05, 0.1) is 12.1 Å². The molecule has 1 aromatic heterocycles. The van der Waals surface area contributed by atoms with Gasteiger partial charge in [0.2, 0.25) is 0 Å². The zero-order valence-electron chi connectivity index (χ0n) is 13.0. The second kappa shape index (κ2) is 7.78. The van der Waals surface area contributed by atoms with Gasteiger partial charge in [-0.3, -0.25) is 4.79 Å². The number of hydrogen-bond acceptors (Lipinski definition) is 5. The zero-order chi connectivity index (χ0) is 16.8. The molecule has 1 unspecified atom stereocenters. The summed E-state index contributed by atoms with van der Waals surface area (Å²) in [5, 5.41) is 10.8. The second-order valence-corrected chi connectivity index (χ2v) is 5.53. The van der Waals surface area contributed by atoms with E-state index in [1.807, 2.05) is 38.1 Å². The number of benzene rings is 1. The molecule has 1 heterocycles. The van der Waals surface area contributed by atoms with E-state index >= 15 is 0 Å². The molecule has 6 nitrogen and oxygen atoms in total. The summed E-state index contributed by atoms with van der Waals surface area (Å²) in [5.74, 6) is 0.487. The largest absolute Gasteiger partial charge is 0.489 e. The molecule has 3 N–H and O–H groups in total. The number of nitrogens with zero attached hydrogens (tertiary/aromatic N) is 2. The molecule has 122 valence electrons. The van der Waals surface area contributed by atoms with Gasteiger partial charge in [0.15, 0.2) is 11.0 Å². The summed E-state index contributed by atoms with van der Waals surface area (Å²) in [6.07, 6.45) is 0.698. The van der Waals surface area contributed by atoms with Crippen LogP contribution < -0.4 is 15.8 Å². The number of carbonyl (C=O) groups is 1.